The predicted octanol–water partition coefficient (Wildman–Crippen LogP) is 3.61. The van der Waals surface area contributed by atoms with Crippen molar-refractivity contribution in [3.63, 3.8) is 0 Å². The molecule has 2 rings (SSSR count). The van der Waals surface area contributed by atoms with Gasteiger partial charge in [-0.25, -0.2) is 0 Å². The number of hydrogen-bond donors (Lipinski definition) is 2. The van der Waals surface area contributed by atoms with Gasteiger partial charge in [0.15, 0.2) is 5.78 Å². The number of carbonyl (C=O) groups excluding carboxylic acids is 1. The van der Waals surface area contributed by atoms with Crippen molar-refractivity contribution in [2.75, 3.05) is 17.7 Å². The second kappa shape index (κ2) is 6.10. The first-order valence-electron chi connectivity index (χ1n) is 6.50. The minimum atomic E-state index is -0.0323. The van der Waals surface area contributed by atoms with Gasteiger partial charge in [0.05, 0.1) is 6.61 Å². The van der Waals surface area contributed by atoms with Gasteiger partial charge in [-0.2, -0.15) is 0 Å². The Labute approximate surface area is 118 Å². The van der Waals surface area contributed by atoms with Crippen molar-refractivity contribution in [3.05, 3.63) is 48.0 Å². The summed E-state index contributed by atoms with van der Waals surface area (Å²) < 4.78 is 5.39. The van der Waals surface area contributed by atoms with Gasteiger partial charge in [0, 0.05) is 22.6 Å². The molecule has 0 unspecified atom stereocenters. The maximum Gasteiger partial charge on any atom is 0.161 e. The van der Waals surface area contributed by atoms with Gasteiger partial charge in [0.1, 0.15) is 5.75 Å². The molecule has 0 aliphatic rings. The molecule has 0 heterocycles. The second-order valence-corrected chi connectivity index (χ2v) is 4.44. The molecule has 0 fully saturated rings. The van der Waals surface area contributed by atoms with Crippen LogP contribution in [-0.4, -0.2) is 12.4 Å². The van der Waals surface area contributed by atoms with Crippen LogP contribution in [0.25, 0.3) is 0 Å². The fourth-order valence-corrected chi connectivity index (χ4v) is 1.93. The third-order valence-electron chi connectivity index (χ3n) is 2.88. The summed E-state index contributed by atoms with van der Waals surface area (Å²) in [6, 6.07) is 13.0. The van der Waals surface area contributed by atoms with E-state index in [4.69, 9.17) is 10.5 Å². The zero-order valence-electron chi connectivity index (χ0n) is 11.6. The summed E-state index contributed by atoms with van der Waals surface area (Å²) in [6.45, 7) is 4.10. The Morgan fingerprint density at radius 3 is 2.35 bits per heavy atom. The van der Waals surface area contributed by atoms with Gasteiger partial charge >= 0.3 is 0 Å². The van der Waals surface area contributed by atoms with Crippen LogP contribution in [0.15, 0.2) is 42.5 Å². The molecule has 0 saturated carbocycles. The number of Topliss-reactive ketones (excluding diaryl/α,β-unsaturated/α-hetero) is 1. The predicted molar refractivity (Wildman–Crippen MR) is 81.8 cm³/mol. The molecule has 2 aromatic carbocycles. The molecule has 0 saturated heterocycles. The van der Waals surface area contributed by atoms with Crippen molar-refractivity contribution < 1.29 is 9.53 Å². The van der Waals surface area contributed by atoms with Gasteiger partial charge in [0.25, 0.3) is 0 Å². The van der Waals surface area contributed by atoms with Gasteiger partial charge in [-0.15, -0.1) is 0 Å². The van der Waals surface area contributed by atoms with Crippen LogP contribution in [-0.2, 0) is 0 Å². The summed E-state index contributed by atoms with van der Waals surface area (Å²) in [5, 5.41) is 3.23. The molecule has 0 aromatic heterocycles. The van der Waals surface area contributed by atoms with Gasteiger partial charge < -0.3 is 15.8 Å². The Kier molecular flexibility index (Phi) is 4.25. The van der Waals surface area contributed by atoms with Crippen molar-refractivity contribution in [2.24, 2.45) is 0 Å². The van der Waals surface area contributed by atoms with E-state index in [2.05, 4.69) is 5.32 Å². The topological polar surface area (TPSA) is 64.3 Å². The number of ether oxygens (including phenoxy) is 1. The molecule has 3 N–H and O–H groups in total. The number of nitrogens with two attached hydrogens (primary N) is 1. The van der Waals surface area contributed by atoms with Gasteiger partial charge in [-0.3, -0.25) is 4.79 Å². The van der Waals surface area contributed by atoms with E-state index in [0.717, 1.165) is 17.1 Å². The molecule has 0 aliphatic carbocycles. The van der Waals surface area contributed by atoms with Crippen molar-refractivity contribution in [1.29, 1.82) is 0 Å². The maximum atomic E-state index is 11.3. The molecular weight excluding hydrogens is 252 g/mol. The van der Waals surface area contributed by atoms with Crippen molar-refractivity contribution >= 4 is 22.8 Å². The summed E-state index contributed by atoms with van der Waals surface area (Å²) in [5.74, 6) is 0.805. The van der Waals surface area contributed by atoms with Gasteiger partial charge in [-0.1, -0.05) is 0 Å². The quantitative estimate of drug-likeness (QED) is 0.643. The minimum Gasteiger partial charge on any atom is -0.494 e. The number of hydrogen-bond acceptors (Lipinski definition) is 4. The highest BCUT2D eigenvalue weighted by atomic mass is 16.5. The highest BCUT2D eigenvalue weighted by molar-refractivity contribution is 5.99. The van der Waals surface area contributed by atoms with E-state index in [1.165, 1.54) is 6.92 Å². The lowest BCUT2D eigenvalue weighted by molar-refractivity contribution is 0.101. The average molecular weight is 270 g/mol. The maximum absolute atomic E-state index is 11.3. The molecule has 0 atom stereocenters. The van der Waals surface area contributed by atoms with E-state index >= 15 is 0 Å². The number of carbonyl (C=O) groups is 1. The first-order chi connectivity index (χ1) is 9.60. The van der Waals surface area contributed by atoms with Crippen LogP contribution < -0.4 is 15.8 Å². The van der Waals surface area contributed by atoms with E-state index in [1.54, 1.807) is 12.1 Å². The molecule has 104 valence electrons. The standard InChI is InChI=1S/C16H18N2O2/c1-3-20-14-7-4-12(5-8-14)18-13-6-9-15(11(2)19)16(17)10-13/h4-10,18H,3,17H2,1-2H3. The normalized spacial score (nSPS) is 10.1. The number of nitrogen functional groups attached to an aromatic ring is 1. The van der Waals surface area contributed by atoms with Crippen LogP contribution in [0.5, 0.6) is 5.75 Å². The zero-order valence-corrected chi connectivity index (χ0v) is 11.6. The fraction of sp³-hybridized carbons (Fsp3) is 0.188. The fourth-order valence-electron chi connectivity index (χ4n) is 1.93. The van der Waals surface area contributed by atoms with Crippen molar-refractivity contribution in [1.82, 2.24) is 0 Å². The smallest absolute Gasteiger partial charge is 0.161 e. The lowest BCUT2D eigenvalue weighted by Gasteiger charge is -2.10. The third-order valence-corrected chi connectivity index (χ3v) is 2.88. The van der Waals surface area contributed by atoms with Crippen LogP contribution >= 0.6 is 0 Å². The van der Waals surface area contributed by atoms with E-state index < -0.39 is 0 Å². The molecular formula is C16H18N2O2. The largest absolute Gasteiger partial charge is 0.494 e. The van der Waals surface area contributed by atoms with Crippen LogP contribution in [0.2, 0.25) is 0 Å². The summed E-state index contributed by atoms with van der Waals surface area (Å²) in [5.41, 5.74) is 8.66. The number of ketones is 1. The highest BCUT2D eigenvalue weighted by Crippen LogP contribution is 2.23. The summed E-state index contributed by atoms with van der Waals surface area (Å²) in [4.78, 5) is 11.3. The lowest BCUT2D eigenvalue weighted by Crippen LogP contribution is -2.00. The van der Waals surface area contributed by atoms with E-state index in [-0.39, 0.29) is 5.78 Å². The van der Waals surface area contributed by atoms with Gasteiger partial charge in [0.2, 0.25) is 0 Å². The van der Waals surface area contributed by atoms with Crippen LogP contribution in [0, 0.1) is 0 Å². The van der Waals surface area contributed by atoms with Crippen molar-refractivity contribution in [3.8, 4) is 5.75 Å². The number of rotatable bonds is 5. The van der Waals surface area contributed by atoms with Crippen LogP contribution in [0.3, 0.4) is 0 Å². The van der Waals surface area contributed by atoms with Crippen LogP contribution in [0.4, 0.5) is 17.1 Å². The summed E-state index contributed by atoms with van der Waals surface area (Å²) in [7, 11) is 0. The Bertz CT molecular complexity index is 606. The second-order valence-electron chi connectivity index (χ2n) is 4.44. The zero-order chi connectivity index (χ0) is 14.5. The molecule has 0 bridgehead atoms. The molecule has 4 heteroatoms. The third kappa shape index (κ3) is 3.29. The Balaban J connectivity index is 2.13. The van der Waals surface area contributed by atoms with Crippen LogP contribution in [0.1, 0.15) is 24.2 Å². The number of anilines is 3. The minimum absolute atomic E-state index is 0.0323. The molecule has 4 nitrogen and oxygen atoms in total. The van der Waals surface area contributed by atoms with Crippen molar-refractivity contribution in [2.45, 2.75) is 13.8 Å². The first-order valence-corrected chi connectivity index (χ1v) is 6.50. The lowest BCUT2D eigenvalue weighted by atomic mass is 10.1. The Morgan fingerprint density at radius 2 is 1.80 bits per heavy atom. The highest BCUT2D eigenvalue weighted by Gasteiger charge is 2.05. The molecule has 0 aliphatic heterocycles. The van der Waals surface area contributed by atoms with Gasteiger partial charge in [-0.05, 0) is 56.3 Å². The summed E-state index contributed by atoms with van der Waals surface area (Å²) >= 11 is 0. The molecule has 0 amide bonds. The monoisotopic (exact) mass is 270 g/mol. The average Bonchev–Trinajstić information content (AvgIpc) is 2.41. The van der Waals surface area contributed by atoms with E-state index in [9.17, 15) is 4.79 Å². The Hall–Kier alpha value is -2.49. The SMILES string of the molecule is CCOc1ccc(Nc2ccc(C(C)=O)c(N)c2)cc1. The summed E-state index contributed by atoms with van der Waals surface area (Å²) in [6.07, 6.45) is 0. The van der Waals surface area contributed by atoms with E-state index in [1.807, 2.05) is 37.3 Å². The molecule has 0 radical (unpaired) electrons. The van der Waals surface area contributed by atoms with E-state index in [0.29, 0.717) is 17.9 Å². The number of nitrogens with one attached hydrogen (secondary N) is 1. The molecule has 0 spiro atoms. The molecule has 2 aromatic rings. The first kappa shape index (κ1) is 13.9. The number of benzene rings is 2. The molecule has 20 heavy (non-hydrogen) atoms. The Morgan fingerprint density at radius 1 is 1.15 bits per heavy atom.